The second kappa shape index (κ2) is 4.38. The summed E-state index contributed by atoms with van der Waals surface area (Å²) in [5, 5.41) is 13.2. The van der Waals surface area contributed by atoms with Crippen LogP contribution in [0.25, 0.3) is 12.2 Å². The molecular weight excluding hydrogens is 246 g/mol. The average Bonchev–Trinajstić information content (AvgIpc) is 2.99. The third kappa shape index (κ3) is 2.42. The summed E-state index contributed by atoms with van der Waals surface area (Å²) in [6, 6.07) is 2.04. The van der Waals surface area contributed by atoms with E-state index in [0.29, 0.717) is 5.92 Å². The van der Waals surface area contributed by atoms with Crippen molar-refractivity contribution in [2.75, 3.05) is 0 Å². The number of hydrogen-bond acceptors (Lipinski definition) is 4. The molecule has 0 aromatic carbocycles. The summed E-state index contributed by atoms with van der Waals surface area (Å²) in [7, 11) is 1.88. The van der Waals surface area contributed by atoms with Gasteiger partial charge in [0.15, 0.2) is 5.69 Å². The third-order valence-electron chi connectivity index (χ3n) is 3.07. The van der Waals surface area contributed by atoms with Crippen molar-refractivity contribution in [3.8, 4) is 0 Å². The summed E-state index contributed by atoms with van der Waals surface area (Å²) in [6.07, 6.45) is 7.00. The van der Waals surface area contributed by atoms with Crippen molar-refractivity contribution in [3.63, 3.8) is 0 Å². The first-order chi connectivity index (χ1) is 9.13. The van der Waals surface area contributed by atoms with Crippen LogP contribution in [0, 0.1) is 0 Å². The van der Waals surface area contributed by atoms with Gasteiger partial charge in [0.2, 0.25) is 5.89 Å². The topological polar surface area (TPSA) is 81.2 Å². The molecule has 2 aromatic heterocycles. The SMILES string of the molecule is Cn1nc(C2CC2)cc1/C=C/c1nc(C(=O)O)co1. The number of aromatic nitrogens is 3. The van der Waals surface area contributed by atoms with E-state index in [1.165, 1.54) is 12.8 Å². The summed E-state index contributed by atoms with van der Waals surface area (Å²) in [6.45, 7) is 0. The molecule has 0 spiro atoms. The van der Waals surface area contributed by atoms with Crippen LogP contribution in [0.5, 0.6) is 0 Å². The van der Waals surface area contributed by atoms with Crippen molar-refractivity contribution in [1.82, 2.24) is 14.8 Å². The average molecular weight is 259 g/mol. The minimum atomic E-state index is -1.10. The molecule has 1 aliphatic carbocycles. The van der Waals surface area contributed by atoms with Gasteiger partial charge in [-0.3, -0.25) is 4.68 Å². The van der Waals surface area contributed by atoms with E-state index < -0.39 is 5.97 Å². The number of hydrogen-bond donors (Lipinski definition) is 1. The van der Waals surface area contributed by atoms with Gasteiger partial charge in [-0.2, -0.15) is 5.10 Å². The Morgan fingerprint density at radius 2 is 2.32 bits per heavy atom. The molecule has 6 heteroatoms. The van der Waals surface area contributed by atoms with Gasteiger partial charge in [-0.05, 0) is 25.0 Å². The highest BCUT2D eigenvalue weighted by atomic mass is 16.4. The van der Waals surface area contributed by atoms with Gasteiger partial charge in [0.1, 0.15) is 6.26 Å². The lowest BCUT2D eigenvalue weighted by molar-refractivity contribution is 0.0690. The lowest BCUT2D eigenvalue weighted by Crippen LogP contribution is -1.95. The van der Waals surface area contributed by atoms with E-state index in [-0.39, 0.29) is 11.6 Å². The number of carboxylic acid groups (broad SMARTS) is 1. The second-order valence-electron chi connectivity index (χ2n) is 4.60. The fourth-order valence-corrected chi connectivity index (χ4v) is 1.86. The second-order valence-corrected chi connectivity index (χ2v) is 4.60. The Morgan fingerprint density at radius 3 is 2.95 bits per heavy atom. The van der Waals surface area contributed by atoms with Crippen molar-refractivity contribution < 1.29 is 14.3 Å². The normalized spacial score (nSPS) is 15.2. The highest BCUT2D eigenvalue weighted by Crippen LogP contribution is 2.39. The van der Waals surface area contributed by atoms with Crippen molar-refractivity contribution in [2.45, 2.75) is 18.8 Å². The Hall–Kier alpha value is -2.37. The zero-order chi connectivity index (χ0) is 13.4. The van der Waals surface area contributed by atoms with E-state index in [0.717, 1.165) is 17.7 Å². The van der Waals surface area contributed by atoms with Crippen molar-refractivity contribution in [3.05, 3.63) is 35.3 Å². The zero-order valence-electron chi connectivity index (χ0n) is 10.4. The van der Waals surface area contributed by atoms with Gasteiger partial charge in [-0.1, -0.05) is 0 Å². The lowest BCUT2D eigenvalue weighted by atomic mass is 10.2. The molecule has 2 aromatic rings. The van der Waals surface area contributed by atoms with Crippen molar-refractivity contribution >= 4 is 18.1 Å². The first kappa shape index (κ1) is 11.7. The Morgan fingerprint density at radius 1 is 1.53 bits per heavy atom. The summed E-state index contributed by atoms with van der Waals surface area (Å²) in [5.74, 6) is -0.222. The fourth-order valence-electron chi connectivity index (χ4n) is 1.86. The molecule has 0 unspecified atom stereocenters. The first-order valence-electron chi connectivity index (χ1n) is 6.04. The predicted molar refractivity (Wildman–Crippen MR) is 67.6 cm³/mol. The molecule has 0 saturated heterocycles. The van der Waals surface area contributed by atoms with Crippen LogP contribution >= 0.6 is 0 Å². The molecule has 0 atom stereocenters. The molecule has 3 rings (SSSR count). The van der Waals surface area contributed by atoms with Gasteiger partial charge in [0, 0.05) is 19.0 Å². The maximum Gasteiger partial charge on any atom is 0.357 e. The third-order valence-corrected chi connectivity index (χ3v) is 3.07. The van der Waals surface area contributed by atoms with Crippen LogP contribution in [0.4, 0.5) is 0 Å². The van der Waals surface area contributed by atoms with E-state index in [1.54, 1.807) is 10.8 Å². The number of carboxylic acids is 1. The number of aryl methyl sites for hydroxylation is 1. The summed E-state index contributed by atoms with van der Waals surface area (Å²) < 4.78 is 6.84. The van der Waals surface area contributed by atoms with Crippen LogP contribution in [0.2, 0.25) is 0 Å². The summed E-state index contributed by atoms with van der Waals surface area (Å²) in [4.78, 5) is 14.5. The lowest BCUT2D eigenvalue weighted by Gasteiger charge is -1.91. The van der Waals surface area contributed by atoms with Crippen LogP contribution < -0.4 is 0 Å². The molecule has 1 aliphatic rings. The maximum absolute atomic E-state index is 10.7. The molecule has 2 heterocycles. The maximum atomic E-state index is 10.7. The van der Waals surface area contributed by atoms with Crippen LogP contribution in [0.15, 0.2) is 16.7 Å². The van der Waals surface area contributed by atoms with Gasteiger partial charge in [-0.15, -0.1) is 0 Å². The molecule has 6 nitrogen and oxygen atoms in total. The van der Waals surface area contributed by atoms with E-state index in [2.05, 4.69) is 10.1 Å². The van der Waals surface area contributed by atoms with Gasteiger partial charge in [0.25, 0.3) is 0 Å². The number of nitrogens with zero attached hydrogens (tertiary/aromatic N) is 3. The predicted octanol–water partition coefficient (Wildman–Crippen LogP) is 2.15. The minimum Gasteiger partial charge on any atom is -0.476 e. The minimum absolute atomic E-state index is 0.0941. The van der Waals surface area contributed by atoms with Crippen molar-refractivity contribution in [2.24, 2.45) is 7.05 Å². The number of aromatic carboxylic acids is 1. The Bertz CT molecular complexity index is 650. The number of rotatable bonds is 4. The van der Waals surface area contributed by atoms with Gasteiger partial charge < -0.3 is 9.52 Å². The van der Waals surface area contributed by atoms with E-state index in [4.69, 9.17) is 9.52 Å². The van der Waals surface area contributed by atoms with Gasteiger partial charge >= 0.3 is 5.97 Å². The quantitative estimate of drug-likeness (QED) is 0.909. The first-order valence-corrected chi connectivity index (χ1v) is 6.04. The van der Waals surface area contributed by atoms with Gasteiger partial charge in [-0.25, -0.2) is 9.78 Å². The largest absolute Gasteiger partial charge is 0.476 e. The van der Waals surface area contributed by atoms with Crippen LogP contribution in [-0.4, -0.2) is 25.8 Å². The molecule has 0 aliphatic heterocycles. The van der Waals surface area contributed by atoms with Crippen LogP contribution in [0.1, 0.15) is 46.5 Å². The van der Waals surface area contributed by atoms with Gasteiger partial charge in [0.05, 0.1) is 11.4 Å². The molecule has 0 amide bonds. The van der Waals surface area contributed by atoms with E-state index in [1.807, 2.05) is 19.2 Å². The molecular formula is C13H13N3O3. The van der Waals surface area contributed by atoms with E-state index >= 15 is 0 Å². The molecule has 0 radical (unpaired) electrons. The number of carbonyl (C=O) groups is 1. The molecule has 1 fully saturated rings. The Balaban J connectivity index is 1.79. The van der Waals surface area contributed by atoms with E-state index in [9.17, 15) is 4.79 Å². The molecule has 1 N–H and O–H groups in total. The molecule has 0 bridgehead atoms. The molecule has 98 valence electrons. The monoisotopic (exact) mass is 259 g/mol. The Labute approximate surface area is 109 Å². The van der Waals surface area contributed by atoms with Crippen LogP contribution in [0.3, 0.4) is 0 Å². The Kier molecular flexibility index (Phi) is 2.70. The number of oxazole rings is 1. The van der Waals surface area contributed by atoms with Crippen LogP contribution in [-0.2, 0) is 7.05 Å². The highest BCUT2D eigenvalue weighted by molar-refractivity contribution is 5.85. The summed E-state index contributed by atoms with van der Waals surface area (Å²) >= 11 is 0. The highest BCUT2D eigenvalue weighted by Gasteiger charge is 2.26. The summed E-state index contributed by atoms with van der Waals surface area (Å²) in [5.41, 5.74) is 1.96. The molecule has 1 saturated carbocycles. The van der Waals surface area contributed by atoms with Crippen molar-refractivity contribution in [1.29, 1.82) is 0 Å². The molecule has 19 heavy (non-hydrogen) atoms. The zero-order valence-corrected chi connectivity index (χ0v) is 10.4. The smallest absolute Gasteiger partial charge is 0.357 e. The fraction of sp³-hybridized carbons (Fsp3) is 0.308. The standard InChI is InChI=1S/C13H13N3O3/c1-16-9(6-10(15-16)8-2-3-8)4-5-12-14-11(7-19-12)13(17)18/h4-8H,2-3H2,1H3,(H,17,18)/b5-4+.